The number of esters is 4. The van der Waals surface area contributed by atoms with Gasteiger partial charge in [-0.1, -0.05) is 221 Å². The van der Waals surface area contributed by atoms with Crippen molar-refractivity contribution in [1.29, 1.82) is 0 Å². The summed E-state index contributed by atoms with van der Waals surface area (Å²) in [6, 6.07) is 0. The molecule has 0 fully saturated rings. The number of rotatable bonds is 56. The van der Waals surface area contributed by atoms with E-state index in [2.05, 4.69) is 34.6 Å². The number of carbonyl (C=O) groups is 4. The van der Waals surface area contributed by atoms with E-state index >= 15 is 0 Å². The van der Waals surface area contributed by atoms with Crippen LogP contribution in [-0.4, -0.2) is 96.7 Å². The molecule has 0 aliphatic heterocycles. The fraction of sp³-hybridized carbons (Fsp3) is 0.929. The van der Waals surface area contributed by atoms with Crippen molar-refractivity contribution in [3.05, 3.63) is 0 Å². The van der Waals surface area contributed by atoms with E-state index in [1.165, 1.54) is 89.9 Å². The molecule has 0 aliphatic rings. The average molecular weight is 1120 g/mol. The molecule has 0 aromatic rings. The lowest BCUT2D eigenvalue weighted by Gasteiger charge is -2.21. The van der Waals surface area contributed by atoms with Crippen LogP contribution in [0, 0.1) is 5.92 Å². The van der Waals surface area contributed by atoms with Gasteiger partial charge in [-0.2, -0.15) is 0 Å². The number of unbranched alkanes of at least 4 members (excludes halogenated alkanes) is 28. The third-order valence-electron chi connectivity index (χ3n) is 12.8. The highest BCUT2D eigenvalue weighted by Crippen LogP contribution is 2.45. The largest absolute Gasteiger partial charge is 0.472 e. The minimum Gasteiger partial charge on any atom is -0.462 e. The van der Waals surface area contributed by atoms with Gasteiger partial charge < -0.3 is 33.8 Å². The van der Waals surface area contributed by atoms with Gasteiger partial charge in [-0.3, -0.25) is 37.3 Å². The van der Waals surface area contributed by atoms with Crippen LogP contribution < -0.4 is 0 Å². The van der Waals surface area contributed by atoms with E-state index in [0.717, 1.165) is 102 Å². The van der Waals surface area contributed by atoms with Crippen molar-refractivity contribution in [2.45, 2.75) is 291 Å². The lowest BCUT2D eigenvalue weighted by Crippen LogP contribution is -2.30. The Morgan fingerprint density at radius 3 is 0.907 bits per heavy atom. The van der Waals surface area contributed by atoms with Crippen molar-refractivity contribution in [2.24, 2.45) is 5.92 Å². The predicted molar refractivity (Wildman–Crippen MR) is 294 cm³/mol. The molecule has 0 aliphatic carbocycles. The van der Waals surface area contributed by atoms with Gasteiger partial charge in [0.2, 0.25) is 0 Å². The lowest BCUT2D eigenvalue weighted by molar-refractivity contribution is -0.161. The number of phosphoric ester groups is 2. The Balaban J connectivity index is 5.14. The Morgan fingerprint density at radius 1 is 0.360 bits per heavy atom. The highest BCUT2D eigenvalue weighted by atomic mass is 31.2. The molecule has 0 heterocycles. The van der Waals surface area contributed by atoms with Gasteiger partial charge >= 0.3 is 39.5 Å². The first-order chi connectivity index (χ1) is 36.0. The minimum absolute atomic E-state index is 0.0987. The first-order valence-electron chi connectivity index (χ1n) is 29.6. The van der Waals surface area contributed by atoms with E-state index in [4.69, 9.17) is 37.0 Å². The van der Waals surface area contributed by atoms with Crippen LogP contribution in [0.25, 0.3) is 0 Å². The number of aliphatic hydroxyl groups excluding tert-OH is 1. The van der Waals surface area contributed by atoms with Gasteiger partial charge in [-0.25, -0.2) is 9.13 Å². The summed E-state index contributed by atoms with van der Waals surface area (Å²) in [5.74, 6) is -1.41. The number of ether oxygens (including phenoxy) is 4. The molecule has 2 unspecified atom stereocenters. The van der Waals surface area contributed by atoms with Gasteiger partial charge in [-0.05, 0) is 31.6 Å². The molecule has 0 bridgehead atoms. The smallest absolute Gasteiger partial charge is 0.462 e. The molecule has 444 valence electrons. The van der Waals surface area contributed by atoms with Gasteiger partial charge in [-0.15, -0.1) is 0 Å². The van der Waals surface area contributed by atoms with E-state index in [-0.39, 0.29) is 25.7 Å². The molecule has 0 spiro atoms. The van der Waals surface area contributed by atoms with Gasteiger partial charge in [0.15, 0.2) is 12.2 Å². The standard InChI is InChI=1S/C56H108O17P2/c1-6-9-12-15-16-17-18-19-23-26-31-35-40-54(59)67-46-52(73-56(61)42-37-32-27-24-21-20-22-25-30-33-38-49(4)5)48-71-75(64,65)69-44-50(57)43-68-74(62,63)70-47-51(72-55(60)41-36-29-14-11-8-3)45-66-53(58)39-34-28-13-10-7-2/h49-52,57H,6-48H2,1-5H3,(H,62,63)(H,64,65)/t50-,51+,52+/m0/s1. The highest BCUT2D eigenvalue weighted by Gasteiger charge is 2.30. The van der Waals surface area contributed by atoms with Crippen molar-refractivity contribution in [2.75, 3.05) is 39.6 Å². The summed E-state index contributed by atoms with van der Waals surface area (Å²) in [7, 11) is -9.85. The Bertz CT molecular complexity index is 1480. The van der Waals surface area contributed by atoms with Crippen molar-refractivity contribution in [3.8, 4) is 0 Å². The maximum atomic E-state index is 12.9. The summed E-state index contributed by atoms with van der Waals surface area (Å²) in [4.78, 5) is 71.3. The Kier molecular flexibility index (Phi) is 49.0. The number of aliphatic hydroxyl groups is 1. The third kappa shape index (κ3) is 51.3. The Hall–Kier alpha value is -1.94. The summed E-state index contributed by atoms with van der Waals surface area (Å²) < 4.78 is 67.2. The lowest BCUT2D eigenvalue weighted by atomic mass is 10.0. The van der Waals surface area contributed by atoms with Crippen LogP contribution in [0.15, 0.2) is 0 Å². The van der Waals surface area contributed by atoms with Crippen LogP contribution in [-0.2, 0) is 65.4 Å². The van der Waals surface area contributed by atoms with E-state index in [1.54, 1.807) is 0 Å². The van der Waals surface area contributed by atoms with Crippen LogP contribution in [0.3, 0.4) is 0 Å². The van der Waals surface area contributed by atoms with Gasteiger partial charge in [0.05, 0.1) is 26.4 Å². The minimum atomic E-state index is -4.93. The summed E-state index contributed by atoms with van der Waals surface area (Å²) >= 11 is 0. The third-order valence-corrected chi connectivity index (χ3v) is 14.7. The molecule has 0 radical (unpaired) electrons. The quantitative estimate of drug-likeness (QED) is 0.0222. The molecule has 0 saturated carbocycles. The average Bonchev–Trinajstić information content (AvgIpc) is 3.37. The molecule has 17 nitrogen and oxygen atoms in total. The van der Waals surface area contributed by atoms with Crippen LogP contribution in [0.1, 0.15) is 272 Å². The maximum Gasteiger partial charge on any atom is 0.472 e. The fourth-order valence-electron chi connectivity index (χ4n) is 8.17. The zero-order chi connectivity index (χ0) is 55.7. The van der Waals surface area contributed by atoms with Crippen molar-refractivity contribution >= 4 is 39.5 Å². The van der Waals surface area contributed by atoms with Crippen LogP contribution in [0.5, 0.6) is 0 Å². The second-order valence-corrected chi connectivity index (χ2v) is 23.7. The first kappa shape index (κ1) is 73.1. The predicted octanol–water partition coefficient (Wildman–Crippen LogP) is 14.7. The fourth-order valence-corrected chi connectivity index (χ4v) is 9.75. The molecule has 0 aromatic heterocycles. The SMILES string of the molecule is CCCCCCCCCCCCCCC(=O)OC[C@H](COP(=O)(O)OC[C@@H](O)COP(=O)(O)OC[C@@H](COC(=O)CCCCCCC)OC(=O)CCCCCCC)OC(=O)CCCCCCCCCCCCC(C)C. The van der Waals surface area contributed by atoms with E-state index < -0.39 is 97.5 Å². The normalized spacial score (nSPS) is 14.5. The maximum absolute atomic E-state index is 12.9. The summed E-state index contributed by atoms with van der Waals surface area (Å²) in [6.07, 6.45) is 31.4. The number of hydrogen-bond donors (Lipinski definition) is 3. The summed E-state index contributed by atoms with van der Waals surface area (Å²) in [6.45, 7) is 6.94. The molecule has 5 atom stereocenters. The molecule has 0 rings (SSSR count). The number of carbonyl (C=O) groups excluding carboxylic acids is 4. The first-order valence-corrected chi connectivity index (χ1v) is 32.6. The van der Waals surface area contributed by atoms with Crippen LogP contribution in [0.4, 0.5) is 0 Å². The number of hydrogen-bond acceptors (Lipinski definition) is 15. The zero-order valence-corrected chi connectivity index (χ0v) is 49.5. The molecular weight excluding hydrogens is 1010 g/mol. The zero-order valence-electron chi connectivity index (χ0n) is 47.7. The topological polar surface area (TPSA) is 237 Å². The van der Waals surface area contributed by atoms with Crippen molar-refractivity contribution in [3.63, 3.8) is 0 Å². The molecular formula is C56H108O17P2. The van der Waals surface area contributed by atoms with Crippen LogP contribution >= 0.6 is 15.6 Å². The monoisotopic (exact) mass is 1110 g/mol. The molecule has 3 N–H and O–H groups in total. The number of phosphoric acid groups is 2. The van der Waals surface area contributed by atoms with E-state index in [9.17, 15) is 43.2 Å². The second-order valence-electron chi connectivity index (χ2n) is 20.8. The molecule has 0 saturated heterocycles. The van der Waals surface area contributed by atoms with Gasteiger partial charge in [0.25, 0.3) is 0 Å². The summed E-state index contributed by atoms with van der Waals surface area (Å²) in [5, 5.41) is 10.4. The molecule has 0 amide bonds. The van der Waals surface area contributed by atoms with Gasteiger partial charge in [0, 0.05) is 25.7 Å². The summed E-state index contributed by atoms with van der Waals surface area (Å²) in [5.41, 5.74) is 0. The van der Waals surface area contributed by atoms with Crippen molar-refractivity contribution < 1.29 is 80.2 Å². The second kappa shape index (κ2) is 50.3. The Morgan fingerprint density at radius 2 is 0.613 bits per heavy atom. The van der Waals surface area contributed by atoms with Gasteiger partial charge in [0.1, 0.15) is 19.3 Å². The highest BCUT2D eigenvalue weighted by molar-refractivity contribution is 7.47. The van der Waals surface area contributed by atoms with Crippen LogP contribution in [0.2, 0.25) is 0 Å². The molecule has 0 aromatic carbocycles. The van der Waals surface area contributed by atoms with E-state index in [0.29, 0.717) is 25.7 Å². The molecule has 75 heavy (non-hydrogen) atoms. The van der Waals surface area contributed by atoms with E-state index in [1.807, 2.05) is 0 Å². The van der Waals surface area contributed by atoms with Crippen molar-refractivity contribution in [1.82, 2.24) is 0 Å². The Labute approximate surface area is 454 Å². The molecule has 19 heteroatoms.